The molecule has 0 spiro atoms. The van der Waals surface area contributed by atoms with Crippen molar-refractivity contribution in [2.45, 2.75) is 6.42 Å². The van der Waals surface area contributed by atoms with Gasteiger partial charge in [0, 0.05) is 0 Å². The SMILES string of the molecule is O=C(O)Cc1cc(O)ccc1-c1ccccc1. The number of phenols is 1. The summed E-state index contributed by atoms with van der Waals surface area (Å²) in [6.45, 7) is 0. The Labute approximate surface area is 99.0 Å². The lowest BCUT2D eigenvalue weighted by Crippen LogP contribution is -2.01. The molecule has 0 atom stereocenters. The number of hydrogen-bond acceptors (Lipinski definition) is 2. The highest BCUT2D eigenvalue weighted by atomic mass is 16.4. The molecule has 0 fully saturated rings. The molecule has 0 heterocycles. The minimum atomic E-state index is -0.909. The van der Waals surface area contributed by atoms with Gasteiger partial charge in [-0.1, -0.05) is 36.4 Å². The van der Waals surface area contributed by atoms with Gasteiger partial charge >= 0.3 is 5.97 Å². The van der Waals surface area contributed by atoms with Crippen LogP contribution in [0.4, 0.5) is 0 Å². The second-order valence-electron chi connectivity index (χ2n) is 3.78. The number of carboxylic acid groups (broad SMARTS) is 1. The van der Waals surface area contributed by atoms with Gasteiger partial charge in [-0.2, -0.15) is 0 Å². The number of carbonyl (C=O) groups is 1. The molecule has 0 saturated carbocycles. The summed E-state index contributed by atoms with van der Waals surface area (Å²) in [5.41, 5.74) is 2.40. The molecular formula is C14H12O3. The van der Waals surface area contributed by atoms with Gasteiger partial charge in [0.2, 0.25) is 0 Å². The van der Waals surface area contributed by atoms with Crippen molar-refractivity contribution in [3.8, 4) is 16.9 Å². The summed E-state index contributed by atoms with van der Waals surface area (Å²) in [7, 11) is 0. The van der Waals surface area contributed by atoms with Crippen LogP contribution in [-0.4, -0.2) is 16.2 Å². The zero-order chi connectivity index (χ0) is 12.3. The molecule has 86 valence electrons. The average Bonchev–Trinajstić information content (AvgIpc) is 2.29. The molecule has 0 unspecified atom stereocenters. The fourth-order valence-corrected chi connectivity index (χ4v) is 1.79. The maximum atomic E-state index is 10.8. The van der Waals surface area contributed by atoms with Crippen LogP contribution in [0.25, 0.3) is 11.1 Å². The van der Waals surface area contributed by atoms with Gasteiger partial charge in [-0.15, -0.1) is 0 Å². The van der Waals surface area contributed by atoms with Crippen LogP contribution in [0, 0.1) is 0 Å². The van der Waals surface area contributed by atoms with Crippen molar-refractivity contribution in [1.82, 2.24) is 0 Å². The van der Waals surface area contributed by atoms with Crippen LogP contribution >= 0.6 is 0 Å². The van der Waals surface area contributed by atoms with Crippen LogP contribution in [0.1, 0.15) is 5.56 Å². The van der Waals surface area contributed by atoms with Crippen molar-refractivity contribution in [1.29, 1.82) is 0 Å². The molecule has 3 nitrogen and oxygen atoms in total. The predicted molar refractivity (Wildman–Crippen MR) is 64.9 cm³/mol. The van der Waals surface area contributed by atoms with E-state index in [1.807, 2.05) is 30.3 Å². The Kier molecular flexibility index (Phi) is 3.10. The normalized spacial score (nSPS) is 10.1. The number of phenolic OH excluding ortho intramolecular Hbond substituents is 1. The summed E-state index contributed by atoms with van der Waals surface area (Å²) in [5.74, 6) is -0.825. The molecular weight excluding hydrogens is 216 g/mol. The van der Waals surface area contributed by atoms with Gasteiger partial charge in [-0.05, 0) is 28.8 Å². The van der Waals surface area contributed by atoms with Crippen LogP contribution in [-0.2, 0) is 11.2 Å². The van der Waals surface area contributed by atoms with Crippen LogP contribution in [0.5, 0.6) is 5.75 Å². The van der Waals surface area contributed by atoms with Gasteiger partial charge in [-0.3, -0.25) is 4.79 Å². The van der Waals surface area contributed by atoms with Crippen molar-refractivity contribution in [2.24, 2.45) is 0 Å². The number of rotatable bonds is 3. The lowest BCUT2D eigenvalue weighted by Gasteiger charge is -2.08. The molecule has 2 rings (SSSR count). The van der Waals surface area contributed by atoms with Crippen LogP contribution in [0.3, 0.4) is 0 Å². The maximum Gasteiger partial charge on any atom is 0.307 e. The van der Waals surface area contributed by atoms with Gasteiger partial charge in [0.15, 0.2) is 0 Å². The summed E-state index contributed by atoms with van der Waals surface area (Å²) < 4.78 is 0. The highest BCUT2D eigenvalue weighted by molar-refractivity contribution is 5.77. The fourth-order valence-electron chi connectivity index (χ4n) is 1.79. The minimum Gasteiger partial charge on any atom is -0.508 e. The second kappa shape index (κ2) is 4.70. The minimum absolute atomic E-state index is 0.0842. The van der Waals surface area contributed by atoms with E-state index in [4.69, 9.17) is 5.11 Å². The molecule has 0 saturated heterocycles. The highest BCUT2D eigenvalue weighted by Gasteiger charge is 2.09. The van der Waals surface area contributed by atoms with Crippen molar-refractivity contribution >= 4 is 5.97 Å². The van der Waals surface area contributed by atoms with E-state index in [1.165, 1.54) is 6.07 Å². The van der Waals surface area contributed by atoms with Crippen molar-refractivity contribution < 1.29 is 15.0 Å². The van der Waals surface area contributed by atoms with E-state index >= 15 is 0 Å². The van der Waals surface area contributed by atoms with E-state index in [2.05, 4.69) is 0 Å². The number of aromatic hydroxyl groups is 1. The van der Waals surface area contributed by atoms with Gasteiger partial charge in [-0.25, -0.2) is 0 Å². The van der Waals surface area contributed by atoms with Gasteiger partial charge in [0.1, 0.15) is 5.75 Å². The van der Waals surface area contributed by atoms with Gasteiger partial charge in [0.25, 0.3) is 0 Å². The molecule has 2 aromatic rings. The molecule has 0 radical (unpaired) electrons. The summed E-state index contributed by atoms with van der Waals surface area (Å²) in [6.07, 6.45) is -0.0986. The maximum absolute atomic E-state index is 10.8. The molecule has 17 heavy (non-hydrogen) atoms. The highest BCUT2D eigenvalue weighted by Crippen LogP contribution is 2.27. The van der Waals surface area contributed by atoms with Crippen LogP contribution < -0.4 is 0 Å². The monoisotopic (exact) mass is 228 g/mol. The third kappa shape index (κ3) is 2.64. The third-order valence-corrected chi connectivity index (χ3v) is 2.52. The fraction of sp³-hybridized carbons (Fsp3) is 0.0714. The first-order chi connectivity index (χ1) is 8.16. The lowest BCUT2D eigenvalue weighted by atomic mass is 9.97. The van der Waals surface area contributed by atoms with Crippen molar-refractivity contribution in [2.75, 3.05) is 0 Å². The number of benzene rings is 2. The predicted octanol–water partition coefficient (Wildman–Crippen LogP) is 2.69. The Bertz CT molecular complexity index is 532. The number of carboxylic acids is 1. The Morgan fingerprint density at radius 3 is 2.41 bits per heavy atom. The second-order valence-corrected chi connectivity index (χ2v) is 3.78. The zero-order valence-corrected chi connectivity index (χ0v) is 9.13. The number of hydrogen-bond donors (Lipinski definition) is 2. The molecule has 0 aliphatic rings. The Hall–Kier alpha value is -2.29. The smallest absolute Gasteiger partial charge is 0.307 e. The summed E-state index contributed by atoms with van der Waals surface area (Å²) in [5, 5.41) is 18.3. The molecule has 3 heteroatoms. The summed E-state index contributed by atoms with van der Waals surface area (Å²) >= 11 is 0. The molecule has 2 aromatic carbocycles. The van der Waals surface area contributed by atoms with E-state index in [0.29, 0.717) is 5.56 Å². The molecule has 2 N–H and O–H groups in total. The van der Waals surface area contributed by atoms with Crippen LogP contribution in [0.15, 0.2) is 48.5 Å². The van der Waals surface area contributed by atoms with Crippen molar-refractivity contribution in [3.63, 3.8) is 0 Å². The lowest BCUT2D eigenvalue weighted by molar-refractivity contribution is -0.136. The molecule has 0 aromatic heterocycles. The first-order valence-corrected chi connectivity index (χ1v) is 5.26. The van der Waals surface area contributed by atoms with E-state index in [-0.39, 0.29) is 12.2 Å². The molecule has 0 bridgehead atoms. The number of aliphatic carboxylic acids is 1. The summed E-state index contributed by atoms with van der Waals surface area (Å²) in [6, 6.07) is 14.3. The Morgan fingerprint density at radius 2 is 1.76 bits per heavy atom. The first-order valence-electron chi connectivity index (χ1n) is 5.26. The summed E-state index contributed by atoms with van der Waals surface area (Å²) in [4.78, 5) is 10.8. The third-order valence-electron chi connectivity index (χ3n) is 2.52. The van der Waals surface area contributed by atoms with Gasteiger partial charge in [0.05, 0.1) is 6.42 Å². The van der Waals surface area contributed by atoms with E-state index < -0.39 is 5.97 Å². The average molecular weight is 228 g/mol. The Morgan fingerprint density at radius 1 is 1.06 bits per heavy atom. The van der Waals surface area contributed by atoms with E-state index in [0.717, 1.165) is 11.1 Å². The van der Waals surface area contributed by atoms with Crippen molar-refractivity contribution in [3.05, 3.63) is 54.1 Å². The van der Waals surface area contributed by atoms with E-state index in [9.17, 15) is 9.90 Å². The topological polar surface area (TPSA) is 57.5 Å². The molecule has 0 aliphatic carbocycles. The van der Waals surface area contributed by atoms with Gasteiger partial charge < -0.3 is 10.2 Å². The molecule has 0 aliphatic heterocycles. The quantitative estimate of drug-likeness (QED) is 0.849. The van der Waals surface area contributed by atoms with Crippen LogP contribution in [0.2, 0.25) is 0 Å². The Balaban J connectivity index is 2.50. The standard InChI is InChI=1S/C14H12O3/c15-12-6-7-13(10-4-2-1-3-5-10)11(8-12)9-14(16)17/h1-8,15H,9H2,(H,16,17). The molecule has 0 amide bonds. The first kappa shape index (κ1) is 11.2. The zero-order valence-electron chi connectivity index (χ0n) is 9.13. The van der Waals surface area contributed by atoms with E-state index in [1.54, 1.807) is 12.1 Å². The largest absolute Gasteiger partial charge is 0.508 e.